The highest BCUT2D eigenvalue weighted by atomic mass is 35.5. The van der Waals surface area contributed by atoms with Crippen molar-refractivity contribution in [2.24, 2.45) is 0 Å². The van der Waals surface area contributed by atoms with Crippen molar-refractivity contribution in [1.29, 1.82) is 0 Å². The molecule has 0 fully saturated rings. The first-order valence-corrected chi connectivity index (χ1v) is 6.22. The van der Waals surface area contributed by atoms with Gasteiger partial charge in [0.15, 0.2) is 5.65 Å². The van der Waals surface area contributed by atoms with Gasteiger partial charge in [-0.15, -0.1) is 0 Å². The fourth-order valence-corrected chi connectivity index (χ4v) is 2.01. The molecular formula is C12H8Cl2N4O. The maximum atomic E-state index is 6.06. The molecule has 2 heterocycles. The Morgan fingerprint density at radius 3 is 2.84 bits per heavy atom. The minimum atomic E-state index is 0.103. The van der Waals surface area contributed by atoms with Gasteiger partial charge in [0, 0.05) is 10.6 Å². The minimum Gasteiger partial charge on any atom is -0.472 e. The third-order valence-electron chi connectivity index (χ3n) is 2.57. The number of halogens is 2. The van der Waals surface area contributed by atoms with E-state index in [1.54, 1.807) is 12.3 Å². The molecule has 0 atom stereocenters. The third-order valence-corrected chi connectivity index (χ3v) is 3.11. The number of H-pyrrole nitrogens is 1. The molecule has 7 heteroatoms. The van der Waals surface area contributed by atoms with Crippen molar-refractivity contribution < 1.29 is 4.74 Å². The predicted octanol–water partition coefficient (Wildman–Crippen LogP) is 3.24. The molecule has 0 amide bonds. The van der Waals surface area contributed by atoms with Gasteiger partial charge in [0.1, 0.15) is 12.0 Å². The predicted molar refractivity (Wildman–Crippen MR) is 72.5 cm³/mol. The van der Waals surface area contributed by atoms with Crippen LogP contribution >= 0.6 is 23.2 Å². The number of nitrogens with zero attached hydrogens (tertiary/aromatic N) is 3. The Bertz CT molecular complexity index is 729. The Morgan fingerprint density at radius 1 is 1.16 bits per heavy atom. The fraction of sp³-hybridized carbons (Fsp3) is 0.0833. The van der Waals surface area contributed by atoms with Crippen molar-refractivity contribution in [2.75, 3.05) is 0 Å². The molecule has 0 bridgehead atoms. The van der Waals surface area contributed by atoms with Gasteiger partial charge < -0.3 is 4.74 Å². The first kappa shape index (κ1) is 12.2. The molecule has 96 valence electrons. The van der Waals surface area contributed by atoms with Gasteiger partial charge in [-0.3, -0.25) is 5.10 Å². The number of fused-ring (bicyclic) bond motifs is 1. The second-order valence-electron chi connectivity index (χ2n) is 3.81. The van der Waals surface area contributed by atoms with E-state index in [4.69, 9.17) is 27.9 Å². The summed E-state index contributed by atoms with van der Waals surface area (Å²) < 4.78 is 5.65. The van der Waals surface area contributed by atoms with E-state index < -0.39 is 0 Å². The highest BCUT2D eigenvalue weighted by molar-refractivity contribution is 6.31. The first-order chi connectivity index (χ1) is 9.24. The third kappa shape index (κ3) is 2.47. The van der Waals surface area contributed by atoms with Crippen LogP contribution in [-0.4, -0.2) is 20.2 Å². The molecule has 0 aliphatic carbocycles. The van der Waals surface area contributed by atoms with Gasteiger partial charge in [-0.05, 0) is 17.7 Å². The second-order valence-corrected chi connectivity index (χ2v) is 4.56. The summed E-state index contributed by atoms with van der Waals surface area (Å²) in [4.78, 5) is 8.05. The van der Waals surface area contributed by atoms with E-state index in [9.17, 15) is 0 Å². The summed E-state index contributed by atoms with van der Waals surface area (Å²) in [7, 11) is 0. The summed E-state index contributed by atoms with van der Waals surface area (Å²) in [5.41, 5.74) is 1.41. The SMILES string of the molecule is Clc1nc(OCc2ccccc2Cl)c2cn[nH]c2n1. The lowest BCUT2D eigenvalue weighted by Gasteiger charge is -2.07. The molecule has 0 spiro atoms. The summed E-state index contributed by atoms with van der Waals surface area (Å²) in [5.74, 6) is 0.378. The molecule has 3 rings (SSSR count). The normalized spacial score (nSPS) is 10.8. The lowest BCUT2D eigenvalue weighted by molar-refractivity contribution is 0.298. The molecule has 0 aliphatic heterocycles. The van der Waals surface area contributed by atoms with Crippen LogP contribution in [0, 0.1) is 0 Å². The number of benzene rings is 1. The minimum absolute atomic E-state index is 0.103. The quantitative estimate of drug-likeness (QED) is 0.753. The number of rotatable bonds is 3. The molecule has 1 aromatic carbocycles. The molecule has 3 aromatic rings. The Morgan fingerprint density at radius 2 is 2.00 bits per heavy atom. The number of aromatic nitrogens is 4. The van der Waals surface area contributed by atoms with Crippen molar-refractivity contribution in [3.8, 4) is 5.88 Å². The van der Waals surface area contributed by atoms with Crippen LogP contribution in [0.25, 0.3) is 11.0 Å². The maximum absolute atomic E-state index is 6.06. The Kier molecular flexibility index (Phi) is 3.23. The van der Waals surface area contributed by atoms with Crippen LogP contribution in [0.1, 0.15) is 5.56 Å². The van der Waals surface area contributed by atoms with Gasteiger partial charge in [-0.2, -0.15) is 15.1 Å². The van der Waals surface area contributed by atoms with Crippen molar-refractivity contribution >= 4 is 34.2 Å². The Labute approximate surface area is 118 Å². The highest BCUT2D eigenvalue weighted by Gasteiger charge is 2.10. The van der Waals surface area contributed by atoms with Crippen molar-refractivity contribution in [3.63, 3.8) is 0 Å². The maximum Gasteiger partial charge on any atom is 0.229 e. The van der Waals surface area contributed by atoms with E-state index in [0.717, 1.165) is 5.56 Å². The number of nitrogens with one attached hydrogen (secondary N) is 1. The average molecular weight is 295 g/mol. The average Bonchev–Trinajstić information content (AvgIpc) is 2.85. The number of hydrogen-bond donors (Lipinski definition) is 1. The lowest BCUT2D eigenvalue weighted by Crippen LogP contribution is -1.99. The van der Waals surface area contributed by atoms with Gasteiger partial charge in [-0.1, -0.05) is 29.8 Å². The molecule has 0 saturated heterocycles. The zero-order chi connectivity index (χ0) is 13.2. The molecule has 19 heavy (non-hydrogen) atoms. The van der Waals surface area contributed by atoms with Crippen LogP contribution in [0.3, 0.4) is 0 Å². The zero-order valence-electron chi connectivity index (χ0n) is 9.60. The van der Waals surface area contributed by atoms with Gasteiger partial charge in [0.2, 0.25) is 11.2 Å². The van der Waals surface area contributed by atoms with E-state index in [2.05, 4.69) is 20.2 Å². The summed E-state index contributed by atoms with van der Waals surface area (Å²) in [6.07, 6.45) is 1.59. The van der Waals surface area contributed by atoms with Crippen LogP contribution in [0.15, 0.2) is 30.5 Å². The standard InChI is InChI=1S/C12H8Cl2N4O/c13-9-4-2-1-3-7(9)6-19-11-8-5-15-18-10(8)16-12(14)17-11/h1-5H,6H2,(H,15,16,17,18). The molecule has 0 unspecified atom stereocenters. The molecule has 0 radical (unpaired) electrons. The highest BCUT2D eigenvalue weighted by Crippen LogP contribution is 2.24. The van der Waals surface area contributed by atoms with Crippen LogP contribution in [0.5, 0.6) is 5.88 Å². The number of ether oxygens (including phenoxy) is 1. The van der Waals surface area contributed by atoms with Gasteiger partial charge in [0.25, 0.3) is 0 Å². The van der Waals surface area contributed by atoms with E-state index in [-0.39, 0.29) is 5.28 Å². The monoisotopic (exact) mass is 294 g/mol. The van der Waals surface area contributed by atoms with E-state index in [1.165, 1.54) is 0 Å². The Hall–Kier alpha value is -1.85. The van der Waals surface area contributed by atoms with Gasteiger partial charge in [0.05, 0.1) is 6.20 Å². The Balaban J connectivity index is 1.90. The van der Waals surface area contributed by atoms with Crippen LogP contribution in [-0.2, 0) is 6.61 Å². The number of aromatic amines is 1. The molecular weight excluding hydrogens is 287 g/mol. The summed E-state index contributed by atoms with van der Waals surface area (Å²) >= 11 is 11.9. The van der Waals surface area contributed by atoms with Crippen LogP contribution in [0.2, 0.25) is 10.3 Å². The van der Waals surface area contributed by atoms with Gasteiger partial charge in [-0.25, -0.2) is 0 Å². The molecule has 1 N–H and O–H groups in total. The second kappa shape index (κ2) is 5.03. The molecule has 0 aliphatic rings. The van der Waals surface area contributed by atoms with E-state index in [1.807, 2.05) is 18.2 Å². The van der Waals surface area contributed by atoms with E-state index in [0.29, 0.717) is 28.5 Å². The molecule has 0 saturated carbocycles. The molecule has 2 aromatic heterocycles. The fourth-order valence-electron chi connectivity index (χ4n) is 1.65. The lowest BCUT2D eigenvalue weighted by atomic mass is 10.2. The summed E-state index contributed by atoms with van der Waals surface area (Å²) in [6, 6.07) is 7.45. The largest absolute Gasteiger partial charge is 0.472 e. The van der Waals surface area contributed by atoms with Crippen molar-refractivity contribution in [1.82, 2.24) is 20.2 Å². The van der Waals surface area contributed by atoms with Gasteiger partial charge >= 0.3 is 0 Å². The smallest absolute Gasteiger partial charge is 0.229 e. The van der Waals surface area contributed by atoms with Crippen molar-refractivity contribution in [3.05, 3.63) is 46.3 Å². The van der Waals surface area contributed by atoms with E-state index >= 15 is 0 Å². The first-order valence-electron chi connectivity index (χ1n) is 5.47. The molecule has 5 nitrogen and oxygen atoms in total. The number of hydrogen-bond acceptors (Lipinski definition) is 4. The summed E-state index contributed by atoms with van der Waals surface area (Å²) in [6.45, 7) is 0.299. The summed E-state index contributed by atoms with van der Waals surface area (Å²) in [5, 5.41) is 8.03. The zero-order valence-corrected chi connectivity index (χ0v) is 11.1. The topological polar surface area (TPSA) is 63.7 Å². The van der Waals surface area contributed by atoms with Crippen LogP contribution in [0.4, 0.5) is 0 Å². The van der Waals surface area contributed by atoms with Crippen LogP contribution < -0.4 is 4.74 Å². The van der Waals surface area contributed by atoms with Crippen molar-refractivity contribution in [2.45, 2.75) is 6.61 Å².